The van der Waals surface area contributed by atoms with Crippen molar-refractivity contribution in [1.29, 1.82) is 0 Å². The van der Waals surface area contributed by atoms with Gasteiger partial charge in [-0.2, -0.15) is 0 Å². The van der Waals surface area contributed by atoms with E-state index < -0.39 is 0 Å². The summed E-state index contributed by atoms with van der Waals surface area (Å²) in [6.07, 6.45) is 1.97. The highest BCUT2D eigenvalue weighted by Crippen LogP contribution is 2.20. The average molecular weight is 206 g/mol. The van der Waals surface area contributed by atoms with Gasteiger partial charge in [0, 0.05) is 11.9 Å². The molecule has 2 nitrogen and oxygen atoms in total. The van der Waals surface area contributed by atoms with Gasteiger partial charge >= 0.3 is 0 Å². The number of hydrogen-bond donors (Lipinski definition) is 0. The molecule has 0 unspecified atom stereocenters. The minimum atomic E-state index is -0.239. The van der Waals surface area contributed by atoms with Crippen LogP contribution in [0.3, 0.4) is 0 Å². The maximum atomic E-state index is 13.7. The van der Waals surface area contributed by atoms with Crippen LogP contribution >= 0.6 is 0 Å². The van der Waals surface area contributed by atoms with E-state index in [1.54, 1.807) is 6.07 Å². The lowest BCUT2D eigenvalue weighted by molar-refractivity contribution is 0.623. The Bertz CT molecular complexity index is 512. The second-order valence-electron chi connectivity index (χ2n) is 4.25. The van der Waals surface area contributed by atoms with Gasteiger partial charge in [0.1, 0.15) is 0 Å². The number of aromatic nitrogens is 2. The number of pyridine rings is 1. The van der Waals surface area contributed by atoms with Gasteiger partial charge in [-0.05, 0) is 31.4 Å². The van der Waals surface area contributed by atoms with Crippen LogP contribution in [0, 0.1) is 19.7 Å². The molecule has 0 fully saturated rings. The number of rotatable bonds is 1. The molecule has 0 N–H and O–H groups in total. The highest BCUT2D eigenvalue weighted by atomic mass is 19.1. The lowest BCUT2D eigenvalue weighted by Gasteiger charge is -2.07. The zero-order valence-corrected chi connectivity index (χ0v) is 9.50. The molecule has 0 radical (unpaired) electrons. The van der Waals surface area contributed by atoms with Gasteiger partial charge in [-0.15, -0.1) is 0 Å². The number of halogens is 1. The van der Waals surface area contributed by atoms with Crippen LogP contribution in [0.2, 0.25) is 0 Å². The minimum Gasteiger partial charge on any atom is -0.301 e. The van der Waals surface area contributed by atoms with Gasteiger partial charge in [0.15, 0.2) is 11.5 Å². The van der Waals surface area contributed by atoms with Crippen LogP contribution in [0.1, 0.15) is 36.7 Å². The Hall–Kier alpha value is -1.38. The molecule has 2 rings (SSSR count). The van der Waals surface area contributed by atoms with E-state index in [2.05, 4.69) is 18.8 Å². The standard InChI is InChI=1S/C12H15FN2/c1-7(2)10-5-11(13)12-14-8(3)9(4)15(12)6-10/h5-7H,1-4H3. The third-order valence-electron chi connectivity index (χ3n) is 2.84. The molecule has 0 bridgehead atoms. The number of imidazole rings is 1. The summed E-state index contributed by atoms with van der Waals surface area (Å²) in [6.45, 7) is 7.97. The summed E-state index contributed by atoms with van der Waals surface area (Å²) in [5.41, 5.74) is 3.32. The Labute approximate surface area is 88.8 Å². The van der Waals surface area contributed by atoms with Gasteiger partial charge in [0.25, 0.3) is 0 Å². The fraction of sp³-hybridized carbons (Fsp3) is 0.417. The summed E-state index contributed by atoms with van der Waals surface area (Å²) in [7, 11) is 0. The molecule has 2 aromatic heterocycles. The summed E-state index contributed by atoms with van der Waals surface area (Å²) >= 11 is 0. The lowest BCUT2D eigenvalue weighted by atomic mass is 10.1. The Morgan fingerprint density at radius 1 is 1.33 bits per heavy atom. The Morgan fingerprint density at radius 2 is 2.00 bits per heavy atom. The van der Waals surface area contributed by atoms with E-state index in [1.165, 1.54) is 0 Å². The molecule has 80 valence electrons. The smallest absolute Gasteiger partial charge is 0.173 e. The predicted octanol–water partition coefficient (Wildman–Crippen LogP) is 3.21. The van der Waals surface area contributed by atoms with E-state index in [-0.39, 0.29) is 5.82 Å². The molecule has 3 heteroatoms. The molecule has 0 aliphatic rings. The third kappa shape index (κ3) is 1.52. The third-order valence-corrected chi connectivity index (χ3v) is 2.84. The van der Waals surface area contributed by atoms with Crippen molar-refractivity contribution in [2.45, 2.75) is 33.6 Å². The van der Waals surface area contributed by atoms with Crippen molar-refractivity contribution in [3.63, 3.8) is 0 Å². The van der Waals surface area contributed by atoms with Gasteiger partial charge < -0.3 is 4.40 Å². The zero-order chi connectivity index (χ0) is 11.2. The maximum absolute atomic E-state index is 13.7. The molecule has 0 aliphatic carbocycles. The Morgan fingerprint density at radius 3 is 2.60 bits per heavy atom. The first-order chi connectivity index (χ1) is 7.00. The topological polar surface area (TPSA) is 17.3 Å². The van der Waals surface area contributed by atoms with Crippen molar-refractivity contribution in [2.24, 2.45) is 0 Å². The Balaban J connectivity index is 2.79. The quantitative estimate of drug-likeness (QED) is 0.700. The molecular formula is C12H15FN2. The number of hydrogen-bond acceptors (Lipinski definition) is 1. The maximum Gasteiger partial charge on any atom is 0.173 e. The molecule has 2 aromatic rings. The first kappa shape index (κ1) is 10.1. The molecule has 2 heterocycles. The minimum absolute atomic E-state index is 0.239. The predicted molar refractivity (Wildman–Crippen MR) is 58.7 cm³/mol. The van der Waals surface area contributed by atoms with E-state index >= 15 is 0 Å². The van der Waals surface area contributed by atoms with Gasteiger partial charge in [0.2, 0.25) is 0 Å². The molecule has 0 saturated heterocycles. The van der Waals surface area contributed by atoms with E-state index in [0.717, 1.165) is 17.0 Å². The second-order valence-corrected chi connectivity index (χ2v) is 4.25. The molecule has 0 aliphatic heterocycles. The molecule has 0 saturated carbocycles. The number of fused-ring (bicyclic) bond motifs is 1. The van der Waals surface area contributed by atoms with Gasteiger partial charge in [0.05, 0.1) is 5.69 Å². The summed E-state index contributed by atoms with van der Waals surface area (Å²) in [5.74, 6) is 0.0865. The first-order valence-corrected chi connectivity index (χ1v) is 5.15. The highest BCUT2D eigenvalue weighted by Gasteiger charge is 2.11. The number of nitrogens with zero attached hydrogens (tertiary/aromatic N) is 2. The fourth-order valence-corrected chi connectivity index (χ4v) is 1.67. The summed E-state index contributed by atoms with van der Waals surface area (Å²) in [6, 6.07) is 1.58. The molecule has 0 amide bonds. The monoisotopic (exact) mass is 206 g/mol. The van der Waals surface area contributed by atoms with E-state index in [1.807, 2.05) is 24.4 Å². The van der Waals surface area contributed by atoms with Gasteiger partial charge in [-0.1, -0.05) is 13.8 Å². The molecular weight excluding hydrogens is 191 g/mol. The van der Waals surface area contributed by atoms with Gasteiger partial charge in [-0.25, -0.2) is 9.37 Å². The van der Waals surface area contributed by atoms with Crippen molar-refractivity contribution in [1.82, 2.24) is 9.38 Å². The van der Waals surface area contributed by atoms with Crippen LogP contribution in [0.5, 0.6) is 0 Å². The van der Waals surface area contributed by atoms with Gasteiger partial charge in [-0.3, -0.25) is 0 Å². The highest BCUT2D eigenvalue weighted by molar-refractivity contribution is 5.46. The van der Waals surface area contributed by atoms with E-state index in [4.69, 9.17) is 0 Å². The largest absolute Gasteiger partial charge is 0.301 e. The molecule has 15 heavy (non-hydrogen) atoms. The molecule has 0 atom stereocenters. The van der Waals surface area contributed by atoms with E-state index in [0.29, 0.717) is 11.6 Å². The first-order valence-electron chi connectivity index (χ1n) is 5.15. The van der Waals surface area contributed by atoms with Crippen molar-refractivity contribution in [2.75, 3.05) is 0 Å². The summed E-state index contributed by atoms with van der Waals surface area (Å²) in [5, 5.41) is 0. The average Bonchev–Trinajstić information content (AvgIpc) is 2.45. The van der Waals surface area contributed by atoms with Crippen LogP contribution in [-0.4, -0.2) is 9.38 Å². The summed E-state index contributed by atoms with van der Waals surface area (Å²) in [4.78, 5) is 4.20. The van der Waals surface area contributed by atoms with Crippen LogP contribution in [0.15, 0.2) is 12.3 Å². The Kier molecular flexibility index (Phi) is 2.25. The lowest BCUT2D eigenvalue weighted by Crippen LogP contribution is -1.97. The van der Waals surface area contributed by atoms with E-state index in [9.17, 15) is 4.39 Å². The van der Waals surface area contributed by atoms with Crippen LogP contribution in [-0.2, 0) is 0 Å². The molecule has 0 spiro atoms. The summed E-state index contributed by atoms with van der Waals surface area (Å²) < 4.78 is 15.6. The second kappa shape index (κ2) is 3.33. The van der Waals surface area contributed by atoms with Crippen LogP contribution in [0.25, 0.3) is 5.65 Å². The zero-order valence-electron chi connectivity index (χ0n) is 9.50. The van der Waals surface area contributed by atoms with Crippen molar-refractivity contribution < 1.29 is 4.39 Å². The van der Waals surface area contributed by atoms with Crippen molar-refractivity contribution >= 4 is 5.65 Å². The van der Waals surface area contributed by atoms with Crippen LogP contribution < -0.4 is 0 Å². The van der Waals surface area contributed by atoms with Crippen LogP contribution in [0.4, 0.5) is 4.39 Å². The van der Waals surface area contributed by atoms with Crippen molar-refractivity contribution in [3.05, 3.63) is 35.0 Å². The molecule has 0 aromatic carbocycles. The fourth-order valence-electron chi connectivity index (χ4n) is 1.67. The number of aryl methyl sites for hydroxylation is 2. The van der Waals surface area contributed by atoms with Crippen molar-refractivity contribution in [3.8, 4) is 0 Å². The normalized spacial score (nSPS) is 11.6. The SMILES string of the molecule is Cc1nc2c(F)cc(C(C)C)cn2c1C.